The van der Waals surface area contributed by atoms with Gasteiger partial charge in [0.2, 0.25) is 5.91 Å². The first-order valence-corrected chi connectivity index (χ1v) is 11.7. The summed E-state index contributed by atoms with van der Waals surface area (Å²) >= 11 is 7.77. The van der Waals surface area contributed by atoms with Crippen LogP contribution in [0.1, 0.15) is 29.7 Å². The van der Waals surface area contributed by atoms with Crippen LogP contribution in [0.15, 0.2) is 53.5 Å². The number of carbonyl (C=O) groups excluding carboxylic acids is 1. The second-order valence-corrected chi connectivity index (χ2v) is 9.08. The van der Waals surface area contributed by atoms with Gasteiger partial charge in [0.05, 0.1) is 5.69 Å². The fourth-order valence-electron chi connectivity index (χ4n) is 3.83. The van der Waals surface area contributed by atoms with Crippen LogP contribution in [-0.4, -0.2) is 53.6 Å². The zero-order valence-corrected chi connectivity index (χ0v) is 18.8. The van der Waals surface area contributed by atoms with Gasteiger partial charge < -0.3 is 15.1 Å². The van der Waals surface area contributed by atoms with E-state index in [1.807, 2.05) is 53.4 Å². The molecule has 2 heterocycles. The minimum Gasteiger partial charge on any atom is -0.347 e. The van der Waals surface area contributed by atoms with Crippen LogP contribution in [0.2, 0.25) is 5.02 Å². The smallest absolute Gasteiger partial charge is 0.240 e. The standard InChI is InChI=1S/C23H27ClN4OS/c1-2-12-28-16-18-15-19(24)8-9-20(18)26-23(28)30-21(17-6-4-3-5-7-17)22(29)27-13-10-25-11-14-27/h3-9,15,21,25H,2,10-14,16H2,1H3. The lowest BCUT2D eigenvalue weighted by Gasteiger charge is -2.34. The number of amidine groups is 1. The molecule has 1 unspecified atom stereocenters. The van der Waals surface area contributed by atoms with Crippen LogP contribution in [0, 0.1) is 0 Å². The summed E-state index contributed by atoms with van der Waals surface area (Å²) in [6.45, 7) is 6.99. The van der Waals surface area contributed by atoms with Gasteiger partial charge in [-0.05, 0) is 35.7 Å². The molecule has 1 saturated heterocycles. The van der Waals surface area contributed by atoms with E-state index in [4.69, 9.17) is 16.6 Å². The molecule has 1 fully saturated rings. The van der Waals surface area contributed by atoms with Gasteiger partial charge in [-0.2, -0.15) is 0 Å². The number of aliphatic imine (C=N–C) groups is 1. The molecule has 2 aliphatic heterocycles. The molecule has 2 aliphatic rings. The summed E-state index contributed by atoms with van der Waals surface area (Å²) in [5.74, 6) is 0.161. The highest BCUT2D eigenvalue weighted by molar-refractivity contribution is 8.14. The number of hydrogen-bond acceptors (Lipinski definition) is 5. The third-order valence-electron chi connectivity index (χ3n) is 5.36. The molecule has 0 radical (unpaired) electrons. The molecule has 4 rings (SSSR count). The summed E-state index contributed by atoms with van der Waals surface area (Å²) < 4.78 is 0. The monoisotopic (exact) mass is 442 g/mol. The molecule has 2 aromatic rings. The van der Waals surface area contributed by atoms with Gasteiger partial charge in [-0.15, -0.1) is 0 Å². The molecule has 1 atom stereocenters. The molecule has 0 saturated carbocycles. The Morgan fingerprint density at radius 1 is 1.20 bits per heavy atom. The first kappa shape index (κ1) is 21.2. The van der Waals surface area contributed by atoms with Crippen LogP contribution >= 0.6 is 23.4 Å². The molecule has 1 N–H and O–H groups in total. The van der Waals surface area contributed by atoms with Gasteiger partial charge in [0, 0.05) is 44.3 Å². The number of carbonyl (C=O) groups is 1. The van der Waals surface area contributed by atoms with Gasteiger partial charge in [0.25, 0.3) is 0 Å². The predicted molar refractivity (Wildman–Crippen MR) is 125 cm³/mol. The molecule has 1 amide bonds. The van der Waals surface area contributed by atoms with Crippen molar-refractivity contribution in [1.29, 1.82) is 0 Å². The molecule has 0 aliphatic carbocycles. The second kappa shape index (κ2) is 9.86. The number of hydrogen-bond donors (Lipinski definition) is 1. The van der Waals surface area contributed by atoms with Crippen molar-refractivity contribution in [3.8, 4) is 0 Å². The fraction of sp³-hybridized carbons (Fsp3) is 0.391. The molecular weight excluding hydrogens is 416 g/mol. The fourth-order valence-corrected chi connectivity index (χ4v) is 5.23. The third kappa shape index (κ3) is 4.82. The van der Waals surface area contributed by atoms with E-state index < -0.39 is 0 Å². The number of amides is 1. The van der Waals surface area contributed by atoms with Crippen molar-refractivity contribution in [3.05, 3.63) is 64.7 Å². The first-order chi connectivity index (χ1) is 14.7. The van der Waals surface area contributed by atoms with Crippen LogP contribution < -0.4 is 5.32 Å². The molecule has 0 spiro atoms. The highest BCUT2D eigenvalue weighted by Crippen LogP contribution is 2.38. The summed E-state index contributed by atoms with van der Waals surface area (Å²) in [6, 6.07) is 15.9. The average molecular weight is 443 g/mol. The van der Waals surface area contributed by atoms with Gasteiger partial charge in [0.1, 0.15) is 5.25 Å². The number of nitrogens with zero attached hydrogens (tertiary/aromatic N) is 3. The van der Waals surface area contributed by atoms with Crippen LogP contribution in [0.4, 0.5) is 5.69 Å². The van der Waals surface area contributed by atoms with Crippen LogP contribution in [0.3, 0.4) is 0 Å². The molecule has 2 aromatic carbocycles. The summed E-state index contributed by atoms with van der Waals surface area (Å²) in [5.41, 5.74) is 3.09. The summed E-state index contributed by atoms with van der Waals surface area (Å²) in [6.07, 6.45) is 1.01. The minimum absolute atomic E-state index is 0.161. The molecule has 7 heteroatoms. The maximum atomic E-state index is 13.5. The van der Waals surface area contributed by atoms with Crippen molar-refractivity contribution < 1.29 is 4.79 Å². The topological polar surface area (TPSA) is 47.9 Å². The van der Waals surface area contributed by atoms with Gasteiger partial charge in [-0.3, -0.25) is 4.79 Å². The normalized spacial score (nSPS) is 17.3. The average Bonchev–Trinajstić information content (AvgIpc) is 2.78. The van der Waals surface area contributed by atoms with Crippen LogP contribution in [0.25, 0.3) is 0 Å². The van der Waals surface area contributed by atoms with Crippen molar-refractivity contribution in [3.63, 3.8) is 0 Å². The van der Waals surface area contributed by atoms with Gasteiger partial charge in [-0.1, -0.05) is 60.6 Å². The quantitative estimate of drug-likeness (QED) is 0.742. The number of fused-ring (bicyclic) bond motifs is 1. The molecule has 158 valence electrons. The van der Waals surface area contributed by atoms with E-state index >= 15 is 0 Å². The van der Waals surface area contributed by atoms with Gasteiger partial charge in [0.15, 0.2) is 5.17 Å². The van der Waals surface area contributed by atoms with Crippen molar-refractivity contribution >= 4 is 40.1 Å². The molecule has 30 heavy (non-hydrogen) atoms. The van der Waals surface area contributed by atoms with Crippen molar-refractivity contribution in [2.45, 2.75) is 25.1 Å². The van der Waals surface area contributed by atoms with E-state index in [0.29, 0.717) is 0 Å². The lowest BCUT2D eigenvalue weighted by atomic mass is 10.1. The summed E-state index contributed by atoms with van der Waals surface area (Å²) in [4.78, 5) is 22.7. The van der Waals surface area contributed by atoms with Crippen molar-refractivity contribution in [2.75, 3.05) is 32.7 Å². The number of nitrogens with one attached hydrogen (secondary N) is 1. The number of rotatable bonds is 5. The van der Waals surface area contributed by atoms with Crippen molar-refractivity contribution in [2.24, 2.45) is 4.99 Å². The first-order valence-electron chi connectivity index (χ1n) is 10.5. The molecule has 0 aromatic heterocycles. The Hall–Kier alpha value is -2.02. The second-order valence-electron chi connectivity index (χ2n) is 7.57. The lowest BCUT2D eigenvalue weighted by Crippen LogP contribution is -2.48. The lowest BCUT2D eigenvalue weighted by molar-refractivity contribution is -0.131. The Balaban J connectivity index is 1.66. The number of benzene rings is 2. The molecule has 0 bridgehead atoms. The van der Waals surface area contributed by atoms with Crippen LogP contribution in [0.5, 0.6) is 0 Å². The Kier molecular flexibility index (Phi) is 6.97. The zero-order chi connectivity index (χ0) is 20.9. The van der Waals surface area contributed by atoms with E-state index in [0.717, 1.165) is 72.7 Å². The third-order valence-corrected chi connectivity index (χ3v) is 6.87. The summed E-state index contributed by atoms with van der Waals surface area (Å²) in [5, 5.41) is 4.65. The molecule has 5 nitrogen and oxygen atoms in total. The molecular formula is C23H27ClN4OS. The number of piperazine rings is 1. The van der Waals surface area contributed by atoms with Crippen LogP contribution in [-0.2, 0) is 11.3 Å². The van der Waals surface area contributed by atoms with Gasteiger partial charge in [-0.25, -0.2) is 4.99 Å². The largest absolute Gasteiger partial charge is 0.347 e. The Labute approximate surface area is 187 Å². The van der Waals surface area contributed by atoms with E-state index in [9.17, 15) is 4.79 Å². The van der Waals surface area contributed by atoms with E-state index in [1.165, 1.54) is 0 Å². The highest BCUT2D eigenvalue weighted by atomic mass is 35.5. The SMILES string of the molecule is CCCN1Cc2cc(Cl)ccc2N=C1SC(C(=O)N1CCNCC1)c1ccccc1. The van der Waals surface area contributed by atoms with E-state index in [2.05, 4.69) is 17.1 Å². The zero-order valence-electron chi connectivity index (χ0n) is 17.2. The number of thioether (sulfide) groups is 1. The minimum atomic E-state index is -0.309. The highest BCUT2D eigenvalue weighted by Gasteiger charge is 2.31. The van der Waals surface area contributed by atoms with Crippen molar-refractivity contribution in [1.82, 2.24) is 15.1 Å². The predicted octanol–water partition coefficient (Wildman–Crippen LogP) is 4.46. The maximum absolute atomic E-state index is 13.5. The Morgan fingerprint density at radius 2 is 1.97 bits per heavy atom. The summed E-state index contributed by atoms with van der Waals surface area (Å²) in [7, 11) is 0. The number of halogens is 1. The van der Waals surface area contributed by atoms with Gasteiger partial charge >= 0.3 is 0 Å². The Bertz CT molecular complexity index is 915. The Morgan fingerprint density at radius 3 is 2.70 bits per heavy atom. The van der Waals surface area contributed by atoms with E-state index in [-0.39, 0.29) is 11.2 Å². The maximum Gasteiger partial charge on any atom is 0.240 e. The van der Waals surface area contributed by atoms with E-state index in [1.54, 1.807) is 11.8 Å².